The second kappa shape index (κ2) is 10.4. The lowest BCUT2D eigenvalue weighted by Gasteiger charge is -2.17. The Morgan fingerprint density at radius 1 is 1.19 bits per heavy atom. The second-order valence-corrected chi connectivity index (χ2v) is 7.14. The highest BCUT2D eigenvalue weighted by Gasteiger charge is 2.10. The molecular weight excluding hydrogens is 346 g/mol. The minimum absolute atomic E-state index is 0.0123. The second-order valence-electron chi connectivity index (χ2n) is 6.13. The van der Waals surface area contributed by atoms with Gasteiger partial charge in [0.15, 0.2) is 0 Å². The first-order valence-corrected chi connectivity index (χ1v) is 10.3. The zero-order valence-corrected chi connectivity index (χ0v) is 16.8. The summed E-state index contributed by atoms with van der Waals surface area (Å²) in [5.74, 6) is 0.337. The standard InChI is InChI=1S/C20H29N3O2S/c1-4-22(5-2)13-9-12-21-19(24)15-26-18-14-20(25)23(6-3)17-11-8-7-10-16(17)18/h7-8,10-11,14H,4-6,9,12-13,15H2,1-3H3,(H,21,24). The Labute approximate surface area is 159 Å². The first kappa shape index (κ1) is 20.5. The molecule has 0 radical (unpaired) electrons. The molecule has 2 aromatic rings. The zero-order valence-electron chi connectivity index (χ0n) is 16.0. The van der Waals surface area contributed by atoms with Crippen LogP contribution < -0.4 is 10.9 Å². The van der Waals surface area contributed by atoms with Crippen molar-refractivity contribution in [1.29, 1.82) is 0 Å². The summed E-state index contributed by atoms with van der Waals surface area (Å²) in [6.45, 7) is 10.7. The van der Waals surface area contributed by atoms with Crippen molar-refractivity contribution >= 4 is 28.6 Å². The van der Waals surface area contributed by atoms with E-state index in [4.69, 9.17) is 0 Å². The third-order valence-electron chi connectivity index (χ3n) is 4.52. The molecular formula is C20H29N3O2S. The summed E-state index contributed by atoms with van der Waals surface area (Å²) in [5.41, 5.74) is 0.901. The molecule has 1 amide bonds. The lowest BCUT2D eigenvalue weighted by molar-refractivity contribution is -0.118. The van der Waals surface area contributed by atoms with Crippen molar-refractivity contribution < 1.29 is 4.79 Å². The molecule has 142 valence electrons. The SMILES string of the molecule is CCN(CC)CCCNC(=O)CSc1cc(=O)n(CC)c2ccccc12. The van der Waals surface area contributed by atoms with Gasteiger partial charge >= 0.3 is 0 Å². The van der Waals surface area contributed by atoms with Crippen molar-refractivity contribution in [1.82, 2.24) is 14.8 Å². The van der Waals surface area contributed by atoms with Gasteiger partial charge in [-0.2, -0.15) is 0 Å². The van der Waals surface area contributed by atoms with Crippen molar-refractivity contribution in [3.05, 3.63) is 40.7 Å². The average molecular weight is 376 g/mol. The maximum absolute atomic E-state index is 12.3. The van der Waals surface area contributed by atoms with Gasteiger partial charge in [0.05, 0.1) is 11.3 Å². The van der Waals surface area contributed by atoms with Crippen molar-refractivity contribution in [2.75, 3.05) is 31.9 Å². The number of para-hydroxylation sites is 1. The fourth-order valence-electron chi connectivity index (χ4n) is 3.01. The van der Waals surface area contributed by atoms with Crippen LogP contribution in [0.15, 0.2) is 40.0 Å². The number of benzene rings is 1. The molecule has 0 saturated heterocycles. The molecule has 1 aromatic carbocycles. The largest absolute Gasteiger partial charge is 0.355 e. The Hall–Kier alpha value is -1.79. The first-order chi connectivity index (χ1) is 12.6. The number of nitrogens with zero attached hydrogens (tertiary/aromatic N) is 2. The molecule has 0 unspecified atom stereocenters. The number of pyridine rings is 1. The summed E-state index contributed by atoms with van der Waals surface area (Å²) in [5, 5.41) is 3.99. The average Bonchev–Trinajstić information content (AvgIpc) is 2.66. The van der Waals surface area contributed by atoms with E-state index >= 15 is 0 Å². The Morgan fingerprint density at radius 3 is 2.62 bits per heavy atom. The number of thioether (sulfide) groups is 1. The number of aromatic nitrogens is 1. The van der Waals surface area contributed by atoms with Crippen LogP contribution in [0.25, 0.3) is 10.9 Å². The molecule has 0 fully saturated rings. The van der Waals surface area contributed by atoms with E-state index in [9.17, 15) is 9.59 Å². The third kappa shape index (κ3) is 5.35. The molecule has 1 heterocycles. The molecule has 0 aliphatic carbocycles. The van der Waals surface area contributed by atoms with Gasteiger partial charge in [-0.05, 0) is 39.0 Å². The summed E-state index contributed by atoms with van der Waals surface area (Å²) in [6.07, 6.45) is 0.952. The molecule has 2 rings (SSSR count). The highest BCUT2D eigenvalue weighted by Crippen LogP contribution is 2.26. The molecule has 6 heteroatoms. The van der Waals surface area contributed by atoms with Crippen LogP contribution in [-0.4, -0.2) is 47.3 Å². The van der Waals surface area contributed by atoms with E-state index < -0.39 is 0 Å². The minimum atomic E-state index is -0.0201. The van der Waals surface area contributed by atoms with Gasteiger partial charge in [-0.1, -0.05) is 32.0 Å². The molecule has 1 N–H and O–H groups in total. The molecule has 0 atom stereocenters. The summed E-state index contributed by atoms with van der Waals surface area (Å²) in [7, 11) is 0. The van der Waals surface area contributed by atoms with Crippen LogP contribution in [0.2, 0.25) is 0 Å². The quantitative estimate of drug-likeness (QED) is 0.512. The number of hydrogen-bond donors (Lipinski definition) is 1. The van der Waals surface area contributed by atoms with Gasteiger partial charge in [-0.25, -0.2) is 0 Å². The smallest absolute Gasteiger partial charge is 0.252 e. The van der Waals surface area contributed by atoms with E-state index in [2.05, 4.69) is 24.1 Å². The normalized spacial score (nSPS) is 11.2. The van der Waals surface area contributed by atoms with E-state index in [0.717, 1.165) is 41.9 Å². The molecule has 0 saturated carbocycles. The Bertz CT molecular complexity index is 784. The fourth-order valence-corrected chi connectivity index (χ4v) is 3.92. The first-order valence-electron chi connectivity index (χ1n) is 9.35. The van der Waals surface area contributed by atoms with Crippen molar-refractivity contribution in [2.24, 2.45) is 0 Å². The summed E-state index contributed by atoms with van der Waals surface area (Å²) in [4.78, 5) is 27.6. The molecule has 0 aliphatic heterocycles. The van der Waals surface area contributed by atoms with E-state index in [1.165, 1.54) is 11.8 Å². The Kier molecular flexibility index (Phi) is 8.19. The molecule has 5 nitrogen and oxygen atoms in total. The van der Waals surface area contributed by atoms with E-state index in [1.54, 1.807) is 10.6 Å². The molecule has 0 spiro atoms. The Balaban J connectivity index is 1.93. The predicted molar refractivity (Wildman–Crippen MR) is 110 cm³/mol. The van der Waals surface area contributed by atoms with E-state index in [1.807, 2.05) is 31.2 Å². The van der Waals surface area contributed by atoms with Gasteiger partial charge in [0.25, 0.3) is 5.56 Å². The number of nitrogens with one attached hydrogen (secondary N) is 1. The minimum Gasteiger partial charge on any atom is -0.355 e. The van der Waals surface area contributed by atoms with Crippen LogP contribution in [0.4, 0.5) is 0 Å². The van der Waals surface area contributed by atoms with Crippen molar-refractivity contribution in [3.8, 4) is 0 Å². The van der Waals surface area contributed by atoms with Crippen molar-refractivity contribution in [2.45, 2.75) is 38.6 Å². The Morgan fingerprint density at radius 2 is 1.92 bits per heavy atom. The molecule has 0 bridgehead atoms. The number of rotatable bonds is 10. The summed E-state index contributed by atoms with van der Waals surface area (Å²) in [6, 6.07) is 9.50. The van der Waals surface area contributed by atoms with Crippen LogP contribution in [0.1, 0.15) is 27.2 Å². The highest BCUT2D eigenvalue weighted by atomic mass is 32.2. The third-order valence-corrected chi connectivity index (χ3v) is 5.58. The summed E-state index contributed by atoms with van der Waals surface area (Å²) >= 11 is 1.43. The summed E-state index contributed by atoms with van der Waals surface area (Å²) < 4.78 is 1.76. The number of aryl methyl sites for hydroxylation is 1. The number of fused-ring (bicyclic) bond motifs is 1. The van der Waals surface area contributed by atoms with E-state index in [0.29, 0.717) is 18.8 Å². The molecule has 26 heavy (non-hydrogen) atoms. The number of amides is 1. The molecule has 1 aromatic heterocycles. The van der Waals surface area contributed by atoms with Crippen LogP contribution in [0, 0.1) is 0 Å². The van der Waals surface area contributed by atoms with Crippen molar-refractivity contribution in [3.63, 3.8) is 0 Å². The van der Waals surface area contributed by atoms with Gasteiger partial charge in [0.2, 0.25) is 5.91 Å². The highest BCUT2D eigenvalue weighted by molar-refractivity contribution is 8.00. The maximum Gasteiger partial charge on any atom is 0.252 e. The number of hydrogen-bond acceptors (Lipinski definition) is 4. The van der Waals surface area contributed by atoms with Crippen LogP contribution >= 0.6 is 11.8 Å². The maximum atomic E-state index is 12.3. The topological polar surface area (TPSA) is 54.3 Å². The monoisotopic (exact) mass is 375 g/mol. The fraction of sp³-hybridized carbons (Fsp3) is 0.500. The van der Waals surface area contributed by atoms with Gasteiger partial charge in [-0.15, -0.1) is 11.8 Å². The zero-order chi connectivity index (χ0) is 18.9. The molecule has 0 aliphatic rings. The van der Waals surface area contributed by atoms with E-state index in [-0.39, 0.29) is 11.5 Å². The van der Waals surface area contributed by atoms with Gasteiger partial charge in [-0.3, -0.25) is 9.59 Å². The predicted octanol–water partition coefficient (Wildman–Crippen LogP) is 2.96. The van der Waals surface area contributed by atoms with Crippen LogP contribution in [0.3, 0.4) is 0 Å². The lowest BCUT2D eigenvalue weighted by atomic mass is 10.2. The van der Waals surface area contributed by atoms with Gasteiger partial charge in [0.1, 0.15) is 0 Å². The van der Waals surface area contributed by atoms with Gasteiger partial charge < -0.3 is 14.8 Å². The number of carbonyl (C=O) groups excluding carboxylic acids is 1. The lowest BCUT2D eigenvalue weighted by Crippen LogP contribution is -2.30. The van der Waals surface area contributed by atoms with Crippen LogP contribution in [-0.2, 0) is 11.3 Å². The van der Waals surface area contributed by atoms with Gasteiger partial charge in [0, 0.05) is 29.4 Å². The number of carbonyl (C=O) groups is 1. The van der Waals surface area contributed by atoms with Crippen LogP contribution in [0.5, 0.6) is 0 Å².